The summed E-state index contributed by atoms with van der Waals surface area (Å²) in [5.41, 5.74) is 0.840. The molecule has 0 bridgehead atoms. The number of hydrogen-bond acceptors (Lipinski definition) is 7. The van der Waals surface area contributed by atoms with Crippen LogP contribution in [-0.4, -0.2) is 49.3 Å². The van der Waals surface area contributed by atoms with Crippen LogP contribution in [-0.2, 0) is 14.8 Å². The van der Waals surface area contributed by atoms with Crippen LogP contribution in [0.1, 0.15) is 18.5 Å². The highest BCUT2D eigenvalue weighted by molar-refractivity contribution is 7.92. The van der Waals surface area contributed by atoms with Gasteiger partial charge < -0.3 is 24.3 Å². The Hall–Kier alpha value is -3.99. The molecule has 0 aliphatic heterocycles. The zero-order valence-corrected chi connectivity index (χ0v) is 22.0. The summed E-state index contributed by atoms with van der Waals surface area (Å²) in [5.74, 6) is 0.457. The Morgan fingerprint density at radius 3 is 1.95 bits per heavy atom. The van der Waals surface area contributed by atoms with Crippen LogP contribution in [0.2, 0.25) is 0 Å². The molecule has 37 heavy (non-hydrogen) atoms. The highest BCUT2D eigenvalue weighted by Crippen LogP contribution is 2.33. The third-order valence-electron chi connectivity index (χ3n) is 5.63. The number of nitrogens with zero attached hydrogens (tertiary/aromatic N) is 1. The number of anilines is 1. The summed E-state index contributed by atoms with van der Waals surface area (Å²) in [6.45, 7) is 1.20. The molecule has 0 fully saturated rings. The third kappa shape index (κ3) is 6.23. The molecule has 1 N–H and O–H groups in total. The van der Waals surface area contributed by atoms with Crippen LogP contribution < -0.4 is 28.6 Å². The van der Waals surface area contributed by atoms with E-state index in [1.807, 2.05) is 0 Å². The Kier molecular flexibility index (Phi) is 8.82. The van der Waals surface area contributed by atoms with Gasteiger partial charge in [-0.2, -0.15) is 0 Å². The maximum Gasteiger partial charge on any atom is 0.264 e. The van der Waals surface area contributed by atoms with E-state index in [-0.39, 0.29) is 16.3 Å². The van der Waals surface area contributed by atoms with Crippen LogP contribution in [0.25, 0.3) is 0 Å². The van der Waals surface area contributed by atoms with E-state index in [9.17, 15) is 17.6 Å². The zero-order valence-electron chi connectivity index (χ0n) is 21.1. The number of halogens is 1. The van der Waals surface area contributed by atoms with Crippen LogP contribution in [0, 0.1) is 5.82 Å². The van der Waals surface area contributed by atoms with Gasteiger partial charge >= 0.3 is 0 Å². The van der Waals surface area contributed by atoms with Gasteiger partial charge in [-0.05, 0) is 61.0 Å². The predicted molar refractivity (Wildman–Crippen MR) is 137 cm³/mol. The number of hydrogen-bond donors (Lipinski definition) is 1. The first-order chi connectivity index (χ1) is 17.6. The van der Waals surface area contributed by atoms with Crippen molar-refractivity contribution in [3.05, 3.63) is 72.0 Å². The molecule has 3 rings (SSSR count). The van der Waals surface area contributed by atoms with Gasteiger partial charge in [0.2, 0.25) is 5.91 Å². The second kappa shape index (κ2) is 11.8. The van der Waals surface area contributed by atoms with Crippen molar-refractivity contribution in [3.8, 4) is 23.0 Å². The zero-order chi connectivity index (χ0) is 27.2. The van der Waals surface area contributed by atoms with Gasteiger partial charge in [0.05, 0.1) is 45.1 Å². The monoisotopic (exact) mass is 532 g/mol. The smallest absolute Gasteiger partial charge is 0.264 e. The van der Waals surface area contributed by atoms with Gasteiger partial charge in [-0.3, -0.25) is 9.10 Å². The maximum atomic E-state index is 13.7. The Labute approximate surface area is 215 Å². The van der Waals surface area contributed by atoms with E-state index >= 15 is 0 Å². The van der Waals surface area contributed by atoms with E-state index in [1.165, 1.54) is 58.8 Å². The topological polar surface area (TPSA) is 103 Å². The van der Waals surface area contributed by atoms with Gasteiger partial charge in [0.15, 0.2) is 23.0 Å². The molecular formula is C26H29FN2O7S. The Balaban J connectivity index is 1.92. The van der Waals surface area contributed by atoms with E-state index in [4.69, 9.17) is 18.9 Å². The number of sulfonamides is 1. The van der Waals surface area contributed by atoms with E-state index < -0.39 is 34.3 Å². The lowest BCUT2D eigenvalue weighted by Crippen LogP contribution is -2.41. The highest BCUT2D eigenvalue weighted by atomic mass is 32.2. The molecule has 9 nitrogen and oxygen atoms in total. The second-order valence-electron chi connectivity index (χ2n) is 7.91. The summed E-state index contributed by atoms with van der Waals surface area (Å²) in [7, 11) is 1.58. The van der Waals surface area contributed by atoms with Crippen molar-refractivity contribution in [2.24, 2.45) is 0 Å². The van der Waals surface area contributed by atoms with Crippen LogP contribution in [0.5, 0.6) is 23.0 Å². The fraction of sp³-hybridized carbons (Fsp3) is 0.269. The molecule has 0 aromatic heterocycles. The summed E-state index contributed by atoms with van der Waals surface area (Å²) >= 11 is 0. The largest absolute Gasteiger partial charge is 0.493 e. The lowest BCUT2D eigenvalue weighted by atomic mass is 10.1. The Morgan fingerprint density at radius 1 is 0.838 bits per heavy atom. The minimum Gasteiger partial charge on any atom is -0.493 e. The number of benzene rings is 3. The fourth-order valence-electron chi connectivity index (χ4n) is 3.65. The summed E-state index contributed by atoms with van der Waals surface area (Å²) in [6, 6.07) is 13.6. The van der Waals surface area contributed by atoms with Gasteiger partial charge in [-0.15, -0.1) is 0 Å². The van der Waals surface area contributed by atoms with Crippen molar-refractivity contribution in [3.63, 3.8) is 0 Å². The van der Waals surface area contributed by atoms with Crippen molar-refractivity contribution in [2.75, 3.05) is 39.3 Å². The van der Waals surface area contributed by atoms with Crippen molar-refractivity contribution >= 4 is 21.6 Å². The molecule has 3 aromatic carbocycles. The molecule has 0 unspecified atom stereocenters. The minimum absolute atomic E-state index is 0.116. The number of methoxy groups -OCH3 is 4. The summed E-state index contributed by atoms with van der Waals surface area (Å²) in [4.78, 5) is 12.9. The summed E-state index contributed by atoms with van der Waals surface area (Å²) in [6.07, 6.45) is 0. The first kappa shape index (κ1) is 27.6. The minimum atomic E-state index is -4.26. The predicted octanol–water partition coefficient (Wildman–Crippen LogP) is 3.93. The molecule has 3 aromatic rings. The molecule has 0 heterocycles. The highest BCUT2D eigenvalue weighted by Gasteiger charge is 2.29. The van der Waals surface area contributed by atoms with Gasteiger partial charge in [-0.1, -0.05) is 6.07 Å². The lowest BCUT2D eigenvalue weighted by molar-refractivity contribution is -0.120. The van der Waals surface area contributed by atoms with E-state index in [0.717, 1.165) is 22.0 Å². The Morgan fingerprint density at radius 2 is 1.38 bits per heavy atom. The van der Waals surface area contributed by atoms with Gasteiger partial charge in [0.25, 0.3) is 10.0 Å². The number of carbonyl (C=O) groups excluding carboxylic acids is 1. The fourth-order valence-corrected chi connectivity index (χ4v) is 5.09. The van der Waals surface area contributed by atoms with Gasteiger partial charge in [-0.25, -0.2) is 12.8 Å². The van der Waals surface area contributed by atoms with Gasteiger partial charge in [0.1, 0.15) is 12.4 Å². The molecule has 0 spiro atoms. The van der Waals surface area contributed by atoms with Crippen LogP contribution in [0.4, 0.5) is 10.1 Å². The Bertz CT molecular complexity index is 1350. The molecule has 0 aliphatic rings. The van der Waals surface area contributed by atoms with Crippen molar-refractivity contribution < 1.29 is 36.6 Å². The van der Waals surface area contributed by atoms with Gasteiger partial charge in [0, 0.05) is 6.07 Å². The molecule has 0 radical (unpaired) electrons. The molecule has 198 valence electrons. The molecular weight excluding hydrogens is 503 g/mol. The number of rotatable bonds is 11. The number of nitrogens with one attached hydrogen (secondary N) is 1. The second-order valence-corrected chi connectivity index (χ2v) is 9.77. The first-order valence-electron chi connectivity index (χ1n) is 11.2. The SMILES string of the molecule is COc1ccc([C@@H](C)NC(=O)CN(c2ccc(F)cc2)S(=O)(=O)c2ccc(OC)c(OC)c2)cc1OC. The molecule has 0 saturated carbocycles. The number of amides is 1. The average Bonchev–Trinajstić information content (AvgIpc) is 2.91. The standard InChI is InChI=1S/C26H29FN2O7S/c1-17(18-6-12-22(33-2)24(14-18)35-4)28-26(30)16-29(20-9-7-19(27)8-10-20)37(31,32)21-11-13-23(34-3)25(15-21)36-5/h6-15,17H,16H2,1-5H3,(H,28,30)/t17-/m1/s1. The van der Waals surface area contributed by atoms with Crippen molar-refractivity contribution in [1.29, 1.82) is 0 Å². The molecule has 1 atom stereocenters. The van der Waals surface area contributed by atoms with E-state index in [0.29, 0.717) is 17.2 Å². The van der Waals surface area contributed by atoms with E-state index in [2.05, 4.69) is 5.32 Å². The van der Waals surface area contributed by atoms with Crippen molar-refractivity contribution in [2.45, 2.75) is 17.9 Å². The lowest BCUT2D eigenvalue weighted by Gasteiger charge is -2.25. The maximum absolute atomic E-state index is 13.7. The molecule has 0 saturated heterocycles. The molecule has 1 amide bonds. The first-order valence-corrected chi connectivity index (χ1v) is 12.6. The van der Waals surface area contributed by atoms with Crippen LogP contribution in [0.15, 0.2) is 65.6 Å². The van der Waals surface area contributed by atoms with Crippen molar-refractivity contribution in [1.82, 2.24) is 5.32 Å². The molecule has 11 heteroatoms. The van der Waals surface area contributed by atoms with E-state index in [1.54, 1.807) is 25.1 Å². The van der Waals surface area contributed by atoms with Crippen LogP contribution in [0.3, 0.4) is 0 Å². The summed E-state index contributed by atoms with van der Waals surface area (Å²) in [5, 5.41) is 2.80. The number of carbonyl (C=O) groups is 1. The quantitative estimate of drug-likeness (QED) is 0.399. The molecule has 0 aliphatic carbocycles. The summed E-state index contributed by atoms with van der Waals surface area (Å²) < 4.78 is 62.8. The normalized spacial score (nSPS) is 11.8. The number of ether oxygens (including phenoxy) is 4. The van der Waals surface area contributed by atoms with Crippen LogP contribution >= 0.6 is 0 Å². The average molecular weight is 533 g/mol. The third-order valence-corrected chi connectivity index (χ3v) is 7.40.